The van der Waals surface area contributed by atoms with E-state index in [2.05, 4.69) is 60.6 Å². The number of benzene rings is 2. The van der Waals surface area contributed by atoms with E-state index < -0.39 is 9.84 Å². The first-order valence-corrected chi connectivity index (χ1v) is 14.1. The van der Waals surface area contributed by atoms with Gasteiger partial charge in [0, 0.05) is 11.6 Å². The third-order valence-corrected chi connectivity index (χ3v) is 8.63. The van der Waals surface area contributed by atoms with Gasteiger partial charge in [-0.25, -0.2) is 8.42 Å². The van der Waals surface area contributed by atoms with Crippen LogP contribution in [-0.2, 0) is 20.0 Å². The van der Waals surface area contributed by atoms with Gasteiger partial charge < -0.3 is 5.32 Å². The molecule has 4 rings (SSSR count). The van der Waals surface area contributed by atoms with E-state index in [4.69, 9.17) is 0 Å². The zero-order chi connectivity index (χ0) is 24.5. The number of rotatable bonds is 6. The molecule has 1 aliphatic heterocycles. The summed E-state index contributed by atoms with van der Waals surface area (Å²) >= 11 is 1.29. The fraction of sp³-hybridized carbons (Fsp3) is 0.400. The molecule has 2 aromatic carbocycles. The van der Waals surface area contributed by atoms with Crippen molar-refractivity contribution >= 4 is 27.5 Å². The van der Waals surface area contributed by atoms with Gasteiger partial charge in [-0.15, -0.1) is 10.2 Å². The maximum atomic E-state index is 12.5. The first-order valence-electron chi connectivity index (χ1n) is 11.3. The van der Waals surface area contributed by atoms with E-state index in [-0.39, 0.29) is 34.6 Å². The van der Waals surface area contributed by atoms with Crippen LogP contribution in [0.3, 0.4) is 0 Å². The van der Waals surface area contributed by atoms with Gasteiger partial charge in [0.1, 0.15) is 0 Å². The highest BCUT2D eigenvalue weighted by molar-refractivity contribution is 7.99. The van der Waals surface area contributed by atoms with Crippen LogP contribution >= 0.6 is 11.8 Å². The summed E-state index contributed by atoms with van der Waals surface area (Å²) in [6.45, 7) is 8.57. The molecule has 1 saturated heterocycles. The minimum atomic E-state index is -3.04. The number of amides is 1. The molecule has 2 heterocycles. The number of sulfone groups is 1. The second kappa shape index (κ2) is 9.54. The highest BCUT2D eigenvalue weighted by atomic mass is 32.2. The molecule has 1 N–H and O–H groups in total. The van der Waals surface area contributed by atoms with Crippen LogP contribution < -0.4 is 5.32 Å². The molecule has 0 spiro atoms. The maximum Gasteiger partial charge on any atom is 0.230 e. The average Bonchev–Trinajstić information content (AvgIpc) is 3.34. The Hall–Kier alpha value is -2.65. The third kappa shape index (κ3) is 5.52. The molecular formula is C25H30N4O3S2. The van der Waals surface area contributed by atoms with Gasteiger partial charge in [-0.1, -0.05) is 75.0 Å². The first-order chi connectivity index (χ1) is 16.0. The molecule has 7 nitrogen and oxygen atoms in total. The summed E-state index contributed by atoms with van der Waals surface area (Å²) in [6.07, 6.45) is 0.465. The molecule has 1 amide bonds. The normalized spacial score (nSPS) is 17.6. The molecule has 9 heteroatoms. The van der Waals surface area contributed by atoms with Crippen molar-refractivity contribution in [3.05, 3.63) is 59.7 Å². The molecule has 0 saturated carbocycles. The summed E-state index contributed by atoms with van der Waals surface area (Å²) in [6, 6.07) is 16.0. The summed E-state index contributed by atoms with van der Waals surface area (Å²) < 4.78 is 25.3. The van der Waals surface area contributed by atoms with E-state index in [1.165, 1.54) is 17.3 Å². The summed E-state index contributed by atoms with van der Waals surface area (Å²) in [7, 11) is -3.04. The lowest BCUT2D eigenvalue weighted by Crippen LogP contribution is -2.36. The molecule has 1 aliphatic rings. The van der Waals surface area contributed by atoms with Crippen molar-refractivity contribution in [2.45, 2.75) is 50.7 Å². The molecule has 1 aromatic heterocycles. The Kier molecular flexibility index (Phi) is 6.87. The fourth-order valence-electron chi connectivity index (χ4n) is 4.01. The summed E-state index contributed by atoms with van der Waals surface area (Å²) in [5, 5.41) is 12.3. The molecule has 1 fully saturated rings. The summed E-state index contributed by atoms with van der Waals surface area (Å²) in [4.78, 5) is 12.5. The van der Waals surface area contributed by atoms with Crippen molar-refractivity contribution in [2.24, 2.45) is 0 Å². The monoisotopic (exact) mass is 498 g/mol. The van der Waals surface area contributed by atoms with Gasteiger partial charge in [0.2, 0.25) is 5.91 Å². The Morgan fingerprint density at radius 1 is 1.12 bits per heavy atom. The van der Waals surface area contributed by atoms with Crippen molar-refractivity contribution in [2.75, 3.05) is 17.3 Å². The molecule has 0 bridgehead atoms. The van der Waals surface area contributed by atoms with Crippen LogP contribution in [0.5, 0.6) is 0 Å². The Morgan fingerprint density at radius 3 is 2.44 bits per heavy atom. The lowest BCUT2D eigenvalue weighted by Gasteiger charge is -2.19. The number of nitrogens with zero attached hydrogens (tertiary/aromatic N) is 3. The van der Waals surface area contributed by atoms with E-state index in [1.807, 2.05) is 35.8 Å². The average molecular weight is 499 g/mol. The number of carbonyl (C=O) groups excluding carboxylic acids is 1. The minimum Gasteiger partial charge on any atom is -0.352 e. The van der Waals surface area contributed by atoms with E-state index in [1.54, 1.807) is 0 Å². The maximum absolute atomic E-state index is 12.5. The molecular weight excluding hydrogens is 468 g/mol. The predicted octanol–water partition coefficient (Wildman–Crippen LogP) is 3.94. The number of nitrogens with one attached hydrogen (secondary N) is 1. The van der Waals surface area contributed by atoms with E-state index >= 15 is 0 Å². The van der Waals surface area contributed by atoms with Crippen LogP contribution in [0.2, 0.25) is 0 Å². The van der Waals surface area contributed by atoms with Gasteiger partial charge in [-0.3, -0.25) is 9.36 Å². The van der Waals surface area contributed by atoms with E-state index in [0.717, 1.165) is 16.8 Å². The van der Waals surface area contributed by atoms with Crippen molar-refractivity contribution in [3.63, 3.8) is 0 Å². The smallest absolute Gasteiger partial charge is 0.230 e. The topological polar surface area (TPSA) is 94.0 Å². The lowest BCUT2D eigenvalue weighted by atomic mass is 9.87. The highest BCUT2D eigenvalue weighted by Gasteiger charge is 2.29. The Morgan fingerprint density at radius 2 is 1.82 bits per heavy atom. The predicted molar refractivity (Wildman–Crippen MR) is 136 cm³/mol. The number of hydrogen-bond acceptors (Lipinski definition) is 6. The SMILES string of the molecule is Cc1ccccc1-n1c(SCC(=O)N[C@@H]2CCS(=O)(=O)C2)nnc1-c1ccc(C(C)(C)C)cc1. The van der Waals surface area contributed by atoms with Gasteiger partial charge in [0.15, 0.2) is 20.8 Å². The zero-order valence-electron chi connectivity index (χ0n) is 19.9. The van der Waals surface area contributed by atoms with Crippen LogP contribution in [0.15, 0.2) is 53.7 Å². The third-order valence-electron chi connectivity index (χ3n) is 5.93. The van der Waals surface area contributed by atoms with Crippen molar-refractivity contribution in [1.29, 1.82) is 0 Å². The second-order valence-electron chi connectivity index (χ2n) is 9.71. The van der Waals surface area contributed by atoms with Gasteiger partial charge in [0.05, 0.1) is 22.9 Å². The van der Waals surface area contributed by atoms with Crippen molar-refractivity contribution in [3.8, 4) is 17.1 Å². The second-order valence-corrected chi connectivity index (χ2v) is 12.9. The summed E-state index contributed by atoms with van der Waals surface area (Å²) in [5.74, 6) is 0.771. The molecule has 0 unspecified atom stereocenters. The summed E-state index contributed by atoms with van der Waals surface area (Å²) in [5.41, 5.74) is 4.24. The van der Waals surface area contributed by atoms with Crippen molar-refractivity contribution in [1.82, 2.24) is 20.1 Å². The number of hydrogen-bond donors (Lipinski definition) is 1. The Balaban J connectivity index is 1.60. The zero-order valence-corrected chi connectivity index (χ0v) is 21.5. The Labute approximate surface area is 205 Å². The van der Waals surface area contributed by atoms with Crippen molar-refractivity contribution < 1.29 is 13.2 Å². The molecule has 0 radical (unpaired) electrons. The van der Waals surface area contributed by atoms with Crippen LogP contribution in [0.25, 0.3) is 17.1 Å². The number of aromatic nitrogens is 3. The van der Waals surface area contributed by atoms with Gasteiger partial charge >= 0.3 is 0 Å². The number of carbonyl (C=O) groups is 1. The lowest BCUT2D eigenvalue weighted by molar-refractivity contribution is -0.119. The van der Waals surface area contributed by atoms with Gasteiger partial charge in [-0.05, 0) is 36.0 Å². The van der Waals surface area contributed by atoms with Gasteiger partial charge in [-0.2, -0.15) is 0 Å². The Bertz CT molecular complexity index is 1290. The molecule has 34 heavy (non-hydrogen) atoms. The molecule has 3 aromatic rings. The molecule has 1 atom stereocenters. The minimum absolute atomic E-state index is 0.0114. The first kappa shape index (κ1) is 24.5. The molecule has 180 valence electrons. The number of aryl methyl sites for hydroxylation is 1. The fourth-order valence-corrected chi connectivity index (χ4v) is 6.44. The van der Waals surface area contributed by atoms with E-state index in [9.17, 15) is 13.2 Å². The van der Waals surface area contributed by atoms with Crippen LogP contribution in [0.1, 0.15) is 38.3 Å². The van der Waals surface area contributed by atoms with Crippen LogP contribution in [0, 0.1) is 6.92 Å². The number of thioether (sulfide) groups is 1. The van der Waals surface area contributed by atoms with Gasteiger partial charge in [0.25, 0.3) is 0 Å². The van der Waals surface area contributed by atoms with E-state index in [0.29, 0.717) is 17.4 Å². The molecule has 0 aliphatic carbocycles. The quantitative estimate of drug-likeness (QED) is 0.518. The number of para-hydroxylation sites is 1. The standard InChI is InChI=1S/C25H30N4O3S2/c1-17-7-5-6-8-21(17)29-23(18-9-11-19(12-10-18)25(2,3)4)27-28-24(29)33-15-22(30)26-20-13-14-34(31,32)16-20/h5-12,20H,13-16H2,1-4H3,(H,26,30)/t20-/m1/s1. The largest absolute Gasteiger partial charge is 0.352 e. The van der Waals surface area contributed by atoms with Crippen LogP contribution in [-0.4, -0.2) is 52.4 Å². The van der Waals surface area contributed by atoms with Crippen LogP contribution in [0.4, 0.5) is 0 Å². The highest BCUT2D eigenvalue weighted by Crippen LogP contribution is 2.31.